The summed E-state index contributed by atoms with van der Waals surface area (Å²) in [4.78, 5) is 18.1. The van der Waals surface area contributed by atoms with Crippen LogP contribution in [0.5, 0.6) is 0 Å². The van der Waals surface area contributed by atoms with Gasteiger partial charge < -0.3 is 9.64 Å². The van der Waals surface area contributed by atoms with E-state index in [-0.39, 0.29) is 6.09 Å². The van der Waals surface area contributed by atoms with Gasteiger partial charge in [0.25, 0.3) is 0 Å². The Morgan fingerprint density at radius 3 is 2.85 bits per heavy atom. The lowest BCUT2D eigenvalue weighted by Crippen LogP contribution is -2.39. The van der Waals surface area contributed by atoms with E-state index < -0.39 is 5.60 Å². The summed E-state index contributed by atoms with van der Waals surface area (Å²) in [6, 6.07) is 3.55. The Morgan fingerprint density at radius 1 is 1.45 bits per heavy atom. The molecule has 0 aromatic carbocycles. The van der Waals surface area contributed by atoms with Crippen LogP contribution in [0.25, 0.3) is 5.57 Å². The predicted molar refractivity (Wildman–Crippen MR) is 79.6 cm³/mol. The minimum Gasteiger partial charge on any atom is -0.444 e. The molecule has 1 aromatic heterocycles. The van der Waals surface area contributed by atoms with Gasteiger partial charge in [0.05, 0.1) is 12.2 Å². The third kappa shape index (κ3) is 3.97. The minimum atomic E-state index is -0.479. The van der Waals surface area contributed by atoms with Crippen LogP contribution in [-0.2, 0) is 4.74 Å². The number of rotatable bonds is 1. The summed E-state index contributed by atoms with van der Waals surface area (Å²) in [5.41, 5.74) is 1.34. The fourth-order valence-corrected chi connectivity index (χ4v) is 2.15. The monoisotopic (exact) mass is 294 g/mol. The Morgan fingerprint density at radius 2 is 2.20 bits per heavy atom. The molecule has 4 nitrogen and oxygen atoms in total. The summed E-state index contributed by atoms with van der Waals surface area (Å²) in [6.45, 7) is 6.76. The second-order valence-electron chi connectivity index (χ2n) is 5.78. The fourth-order valence-electron chi connectivity index (χ4n) is 1.99. The maximum absolute atomic E-state index is 12.1. The Labute approximate surface area is 124 Å². The molecule has 0 bridgehead atoms. The van der Waals surface area contributed by atoms with Crippen LogP contribution in [0.3, 0.4) is 0 Å². The summed E-state index contributed by atoms with van der Waals surface area (Å²) in [5, 5.41) is 0.644. The summed E-state index contributed by atoms with van der Waals surface area (Å²) < 4.78 is 5.40. The smallest absolute Gasteiger partial charge is 0.410 e. The molecule has 0 spiro atoms. The van der Waals surface area contributed by atoms with Crippen LogP contribution in [-0.4, -0.2) is 34.7 Å². The highest BCUT2D eigenvalue weighted by Crippen LogP contribution is 2.22. The molecule has 2 heterocycles. The van der Waals surface area contributed by atoms with E-state index in [0.29, 0.717) is 18.1 Å². The molecule has 0 N–H and O–H groups in total. The Kier molecular flexibility index (Phi) is 4.33. The van der Waals surface area contributed by atoms with Crippen LogP contribution < -0.4 is 0 Å². The number of ether oxygens (including phenoxy) is 1. The van der Waals surface area contributed by atoms with E-state index in [2.05, 4.69) is 11.1 Å². The van der Waals surface area contributed by atoms with Crippen LogP contribution >= 0.6 is 11.6 Å². The highest BCUT2D eigenvalue weighted by Gasteiger charge is 2.24. The van der Waals surface area contributed by atoms with E-state index in [1.807, 2.05) is 26.8 Å². The van der Waals surface area contributed by atoms with Crippen molar-refractivity contribution in [1.82, 2.24) is 9.88 Å². The van der Waals surface area contributed by atoms with E-state index in [9.17, 15) is 4.79 Å². The fraction of sp³-hybridized carbons (Fsp3) is 0.467. The normalized spacial score (nSPS) is 15.8. The molecule has 20 heavy (non-hydrogen) atoms. The van der Waals surface area contributed by atoms with Gasteiger partial charge in [-0.25, -0.2) is 4.79 Å². The topological polar surface area (TPSA) is 42.4 Å². The molecule has 1 aromatic rings. The van der Waals surface area contributed by atoms with Gasteiger partial charge in [-0.15, -0.1) is 0 Å². The maximum atomic E-state index is 12.1. The number of carbonyl (C=O) groups excluding carboxylic acids is 1. The summed E-state index contributed by atoms with van der Waals surface area (Å²) in [7, 11) is 0. The summed E-state index contributed by atoms with van der Waals surface area (Å²) in [6.07, 6.45) is 4.28. The quantitative estimate of drug-likeness (QED) is 0.792. The number of aromatic nitrogens is 1. The van der Waals surface area contributed by atoms with Gasteiger partial charge in [-0.3, -0.25) is 4.98 Å². The molecule has 1 aliphatic heterocycles. The van der Waals surface area contributed by atoms with Crippen molar-refractivity contribution in [2.75, 3.05) is 13.1 Å². The third-order valence-corrected chi connectivity index (χ3v) is 3.09. The van der Waals surface area contributed by atoms with Crippen molar-refractivity contribution in [1.29, 1.82) is 0 Å². The molecule has 0 radical (unpaired) electrons. The molecule has 108 valence electrons. The number of pyridine rings is 1. The molecular formula is C15H19ClN2O2. The minimum absolute atomic E-state index is 0.287. The highest BCUT2D eigenvalue weighted by molar-refractivity contribution is 6.30. The average Bonchev–Trinajstić information content (AvgIpc) is 2.37. The number of hydrogen-bond donors (Lipinski definition) is 0. The van der Waals surface area contributed by atoms with Gasteiger partial charge in [0.15, 0.2) is 0 Å². The van der Waals surface area contributed by atoms with Crippen molar-refractivity contribution in [3.8, 4) is 0 Å². The summed E-state index contributed by atoms with van der Waals surface area (Å²) in [5.74, 6) is 0. The van der Waals surface area contributed by atoms with Gasteiger partial charge in [-0.05, 0) is 44.9 Å². The molecule has 0 fully saturated rings. The van der Waals surface area contributed by atoms with Crippen LogP contribution in [0.1, 0.15) is 32.9 Å². The zero-order valence-corrected chi connectivity index (χ0v) is 12.8. The molecule has 5 heteroatoms. The molecule has 0 atom stereocenters. The van der Waals surface area contributed by atoms with Crippen LogP contribution in [0.4, 0.5) is 4.79 Å². The highest BCUT2D eigenvalue weighted by atomic mass is 35.5. The van der Waals surface area contributed by atoms with E-state index in [1.165, 1.54) is 0 Å². The molecule has 0 saturated carbocycles. The largest absolute Gasteiger partial charge is 0.444 e. The van der Waals surface area contributed by atoms with Crippen molar-refractivity contribution < 1.29 is 9.53 Å². The van der Waals surface area contributed by atoms with Gasteiger partial charge >= 0.3 is 6.09 Å². The lowest BCUT2D eigenvalue weighted by atomic mass is 10.1. The first kappa shape index (κ1) is 14.9. The number of halogens is 1. The molecular weight excluding hydrogens is 276 g/mol. The van der Waals surface area contributed by atoms with E-state index in [4.69, 9.17) is 16.3 Å². The van der Waals surface area contributed by atoms with E-state index in [0.717, 1.165) is 17.7 Å². The molecule has 1 aliphatic rings. The molecule has 0 unspecified atom stereocenters. The third-order valence-electron chi connectivity index (χ3n) is 2.85. The lowest BCUT2D eigenvalue weighted by molar-refractivity contribution is 0.0273. The van der Waals surface area contributed by atoms with Crippen LogP contribution in [0.2, 0.25) is 5.02 Å². The zero-order chi connectivity index (χ0) is 14.8. The van der Waals surface area contributed by atoms with Gasteiger partial charge in [0, 0.05) is 17.8 Å². The number of hydrogen-bond acceptors (Lipinski definition) is 3. The SMILES string of the molecule is CC(C)(C)OC(=O)N1CCC=C(c2cc(Cl)ccn2)C1. The van der Waals surface area contributed by atoms with Gasteiger partial charge in [-0.1, -0.05) is 17.7 Å². The zero-order valence-electron chi connectivity index (χ0n) is 12.0. The first-order valence-corrected chi connectivity index (χ1v) is 7.02. The molecule has 0 aliphatic carbocycles. The predicted octanol–water partition coefficient (Wildman–Crippen LogP) is 3.76. The number of carbonyl (C=O) groups is 1. The Hall–Kier alpha value is -1.55. The molecule has 0 saturated heterocycles. The van der Waals surface area contributed by atoms with Crippen molar-refractivity contribution >= 4 is 23.3 Å². The lowest BCUT2D eigenvalue weighted by Gasteiger charge is -2.30. The van der Waals surface area contributed by atoms with Crippen molar-refractivity contribution in [2.45, 2.75) is 32.8 Å². The first-order valence-electron chi connectivity index (χ1n) is 6.64. The van der Waals surface area contributed by atoms with Crippen molar-refractivity contribution in [3.63, 3.8) is 0 Å². The standard InChI is InChI=1S/C15H19ClN2O2/c1-15(2,3)20-14(19)18-8-4-5-11(10-18)13-9-12(16)6-7-17-13/h5-7,9H,4,8,10H2,1-3H3. The summed E-state index contributed by atoms with van der Waals surface area (Å²) >= 11 is 5.98. The van der Waals surface area contributed by atoms with Gasteiger partial charge in [-0.2, -0.15) is 0 Å². The van der Waals surface area contributed by atoms with Crippen LogP contribution in [0, 0.1) is 0 Å². The van der Waals surface area contributed by atoms with Gasteiger partial charge in [0.2, 0.25) is 0 Å². The average molecular weight is 295 g/mol. The molecule has 1 amide bonds. The van der Waals surface area contributed by atoms with Crippen LogP contribution in [0.15, 0.2) is 24.4 Å². The number of nitrogens with zero attached hydrogens (tertiary/aromatic N) is 2. The van der Waals surface area contributed by atoms with Crippen molar-refractivity contribution in [3.05, 3.63) is 35.1 Å². The number of amides is 1. The molecule has 2 rings (SSSR count). The second-order valence-corrected chi connectivity index (χ2v) is 6.22. The Balaban J connectivity index is 2.09. The van der Waals surface area contributed by atoms with Crippen molar-refractivity contribution in [2.24, 2.45) is 0 Å². The van der Waals surface area contributed by atoms with Gasteiger partial charge in [0.1, 0.15) is 5.60 Å². The Bertz CT molecular complexity index is 535. The first-order chi connectivity index (χ1) is 9.35. The van der Waals surface area contributed by atoms with E-state index in [1.54, 1.807) is 17.2 Å². The maximum Gasteiger partial charge on any atom is 0.410 e. The second kappa shape index (κ2) is 5.83. The van der Waals surface area contributed by atoms with E-state index >= 15 is 0 Å².